The van der Waals surface area contributed by atoms with E-state index in [9.17, 15) is 24.1 Å². The van der Waals surface area contributed by atoms with Crippen LogP contribution in [0.4, 0.5) is 14.9 Å². The smallest absolute Gasteiger partial charge is 0.434 e. The highest BCUT2D eigenvalue weighted by Crippen LogP contribution is 2.25. The summed E-state index contributed by atoms with van der Waals surface area (Å²) in [6.45, 7) is 5.01. The average molecular weight is 496 g/mol. The number of non-ortho nitro benzene ring substituents is 1. The number of aryl methyl sites for hydroxylation is 1. The van der Waals surface area contributed by atoms with E-state index < -0.39 is 11.1 Å². The largest absolute Gasteiger partial charge is 0.513 e. The molecule has 36 heavy (non-hydrogen) atoms. The first-order valence-corrected chi connectivity index (χ1v) is 11.6. The van der Waals surface area contributed by atoms with Gasteiger partial charge >= 0.3 is 6.16 Å². The first kappa shape index (κ1) is 24.9. The van der Waals surface area contributed by atoms with Gasteiger partial charge in [-0.2, -0.15) is 0 Å². The first-order chi connectivity index (χ1) is 17.2. The Hall–Kier alpha value is -4.21. The van der Waals surface area contributed by atoms with Gasteiger partial charge < -0.3 is 18.9 Å². The van der Waals surface area contributed by atoms with Crippen LogP contribution >= 0.6 is 0 Å². The highest BCUT2D eigenvalue weighted by Gasteiger charge is 2.27. The maximum absolute atomic E-state index is 13.3. The fourth-order valence-electron chi connectivity index (χ4n) is 4.39. The number of hydrogen-bond acceptors (Lipinski definition) is 6. The lowest BCUT2D eigenvalue weighted by Crippen LogP contribution is -2.39. The predicted octanol–water partition coefficient (Wildman–Crippen LogP) is 5.21. The van der Waals surface area contributed by atoms with Crippen molar-refractivity contribution < 1.29 is 28.4 Å². The van der Waals surface area contributed by atoms with E-state index in [0.29, 0.717) is 31.5 Å². The lowest BCUT2D eigenvalue weighted by atomic mass is 9.97. The van der Waals surface area contributed by atoms with E-state index in [1.54, 1.807) is 17.0 Å². The Morgan fingerprint density at radius 1 is 1.06 bits per heavy atom. The summed E-state index contributed by atoms with van der Waals surface area (Å²) in [7, 11) is 0. The van der Waals surface area contributed by atoms with Crippen LogP contribution < -0.4 is 4.74 Å². The number of rotatable bonds is 6. The van der Waals surface area contributed by atoms with Crippen molar-refractivity contribution in [3.8, 4) is 11.4 Å². The van der Waals surface area contributed by atoms with E-state index in [-0.39, 0.29) is 35.7 Å². The zero-order valence-corrected chi connectivity index (χ0v) is 20.0. The number of nitrogens with zero attached hydrogens (tertiary/aromatic N) is 3. The van der Waals surface area contributed by atoms with E-state index >= 15 is 0 Å². The molecule has 1 saturated heterocycles. The second-order valence-electron chi connectivity index (χ2n) is 8.75. The SMILES string of the molecule is Cc1cc(C(=O)N2CCC(COC(=O)Oc3ccc([N+](=O)[O-])cc3)CC2)c(C)n1-c1ccc(F)cc1. The number of aromatic nitrogens is 1. The highest BCUT2D eigenvalue weighted by molar-refractivity contribution is 5.96. The molecule has 1 aliphatic heterocycles. The van der Waals surface area contributed by atoms with Crippen molar-refractivity contribution >= 4 is 17.7 Å². The van der Waals surface area contributed by atoms with Gasteiger partial charge in [0.1, 0.15) is 11.6 Å². The number of ether oxygens (including phenoxy) is 2. The summed E-state index contributed by atoms with van der Waals surface area (Å²) in [5, 5.41) is 10.7. The third kappa shape index (κ3) is 5.54. The molecule has 0 saturated carbocycles. The van der Waals surface area contributed by atoms with E-state index in [1.807, 2.05) is 24.5 Å². The molecule has 0 unspecified atom stereocenters. The number of carbonyl (C=O) groups excluding carboxylic acids is 2. The zero-order valence-electron chi connectivity index (χ0n) is 20.0. The Labute approximate surface area is 207 Å². The Bertz CT molecular complexity index is 1260. The van der Waals surface area contributed by atoms with Crippen LogP contribution in [0.15, 0.2) is 54.6 Å². The normalized spacial score (nSPS) is 13.9. The molecule has 188 valence electrons. The van der Waals surface area contributed by atoms with Crippen LogP contribution in [0.5, 0.6) is 5.75 Å². The van der Waals surface area contributed by atoms with Gasteiger partial charge in [-0.15, -0.1) is 0 Å². The molecule has 3 aromatic rings. The average Bonchev–Trinajstić information content (AvgIpc) is 3.17. The maximum Gasteiger partial charge on any atom is 0.513 e. The lowest BCUT2D eigenvalue weighted by molar-refractivity contribution is -0.384. The van der Waals surface area contributed by atoms with Crippen LogP contribution in [0.3, 0.4) is 0 Å². The quantitative estimate of drug-likeness (QED) is 0.201. The minimum absolute atomic E-state index is 0.0617. The molecule has 0 spiro atoms. The van der Waals surface area contributed by atoms with Gasteiger partial charge in [0.15, 0.2) is 0 Å². The van der Waals surface area contributed by atoms with E-state index in [4.69, 9.17) is 9.47 Å². The minimum atomic E-state index is -0.879. The summed E-state index contributed by atoms with van der Waals surface area (Å²) in [5.74, 6) is -0.133. The van der Waals surface area contributed by atoms with Gasteiger partial charge in [-0.1, -0.05) is 0 Å². The summed E-state index contributed by atoms with van der Waals surface area (Å²) in [5.41, 5.74) is 2.98. The Morgan fingerprint density at radius 3 is 2.31 bits per heavy atom. The van der Waals surface area contributed by atoms with Gasteiger partial charge in [-0.05, 0) is 75.1 Å². The first-order valence-electron chi connectivity index (χ1n) is 11.6. The second-order valence-corrected chi connectivity index (χ2v) is 8.75. The standard InChI is InChI=1S/C26H26FN3O6/c1-17-15-24(18(2)29(17)21-5-3-20(27)4-6-21)25(31)28-13-11-19(12-14-28)16-35-26(32)36-23-9-7-22(8-10-23)30(33)34/h3-10,15,19H,11-14,16H2,1-2H3. The number of likely N-dealkylation sites (tertiary alicyclic amines) is 1. The minimum Gasteiger partial charge on any atom is -0.434 e. The van der Waals surface area contributed by atoms with E-state index in [1.165, 1.54) is 36.4 Å². The van der Waals surface area contributed by atoms with Crippen molar-refractivity contribution in [2.45, 2.75) is 26.7 Å². The third-order valence-corrected chi connectivity index (χ3v) is 6.33. The molecule has 1 fully saturated rings. The molecule has 1 aromatic heterocycles. The zero-order chi connectivity index (χ0) is 25.8. The predicted molar refractivity (Wildman–Crippen MR) is 129 cm³/mol. The Balaban J connectivity index is 1.28. The number of amides is 1. The second kappa shape index (κ2) is 10.6. The van der Waals surface area contributed by atoms with Crippen LogP contribution in [0.1, 0.15) is 34.6 Å². The molecule has 0 atom stereocenters. The van der Waals surface area contributed by atoms with Crippen LogP contribution in [-0.4, -0.2) is 46.1 Å². The molecule has 0 aliphatic carbocycles. The summed E-state index contributed by atoms with van der Waals surface area (Å²) in [4.78, 5) is 37.1. The van der Waals surface area contributed by atoms with Gasteiger partial charge in [-0.25, -0.2) is 9.18 Å². The number of halogens is 1. The molecule has 10 heteroatoms. The van der Waals surface area contributed by atoms with Crippen molar-refractivity contribution in [1.82, 2.24) is 9.47 Å². The van der Waals surface area contributed by atoms with E-state index in [2.05, 4.69) is 0 Å². The van der Waals surface area contributed by atoms with Crippen LogP contribution in [-0.2, 0) is 4.74 Å². The number of nitro groups is 1. The number of benzene rings is 2. The van der Waals surface area contributed by atoms with Crippen LogP contribution in [0.2, 0.25) is 0 Å². The molecule has 2 aromatic carbocycles. The molecule has 0 radical (unpaired) electrons. The topological polar surface area (TPSA) is 104 Å². The molecule has 2 heterocycles. The summed E-state index contributed by atoms with van der Waals surface area (Å²) in [6.07, 6.45) is 0.469. The van der Waals surface area contributed by atoms with E-state index in [0.717, 1.165) is 17.1 Å². The van der Waals surface area contributed by atoms with Crippen molar-refractivity contribution in [1.29, 1.82) is 0 Å². The summed E-state index contributed by atoms with van der Waals surface area (Å²) in [6, 6.07) is 13.1. The van der Waals surface area contributed by atoms with Gasteiger partial charge in [-0.3, -0.25) is 14.9 Å². The molecular weight excluding hydrogens is 469 g/mol. The molecule has 0 N–H and O–H groups in total. The van der Waals surface area contributed by atoms with Crippen molar-refractivity contribution in [3.63, 3.8) is 0 Å². The molecular formula is C26H26FN3O6. The van der Waals surface area contributed by atoms with Crippen LogP contribution in [0.25, 0.3) is 5.69 Å². The lowest BCUT2D eigenvalue weighted by Gasteiger charge is -2.31. The van der Waals surface area contributed by atoms with Crippen molar-refractivity contribution in [2.24, 2.45) is 5.92 Å². The Morgan fingerprint density at radius 2 is 1.69 bits per heavy atom. The molecule has 9 nitrogen and oxygen atoms in total. The number of hydrogen-bond donors (Lipinski definition) is 0. The van der Waals surface area contributed by atoms with Gasteiger partial charge in [0.25, 0.3) is 11.6 Å². The van der Waals surface area contributed by atoms with Gasteiger partial charge in [0, 0.05) is 42.3 Å². The monoisotopic (exact) mass is 495 g/mol. The number of carbonyl (C=O) groups is 2. The summed E-state index contributed by atoms with van der Waals surface area (Å²) >= 11 is 0. The van der Waals surface area contributed by atoms with Crippen LogP contribution in [0, 0.1) is 35.7 Å². The fourth-order valence-corrected chi connectivity index (χ4v) is 4.39. The molecule has 4 rings (SSSR count). The molecule has 1 aliphatic rings. The van der Waals surface area contributed by atoms with Gasteiger partial charge in [0.2, 0.25) is 0 Å². The van der Waals surface area contributed by atoms with Crippen molar-refractivity contribution in [3.05, 3.63) is 87.5 Å². The highest BCUT2D eigenvalue weighted by atomic mass is 19.1. The third-order valence-electron chi connectivity index (χ3n) is 6.33. The Kier molecular flexibility index (Phi) is 7.33. The molecule has 0 bridgehead atoms. The number of nitro benzene ring substituents is 1. The molecule has 1 amide bonds. The van der Waals surface area contributed by atoms with Gasteiger partial charge in [0.05, 0.1) is 17.1 Å². The fraction of sp³-hybridized carbons (Fsp3) is 0.308. The van der Waals surface area contributed by atoms with Crippen molar-refractivity contribution in [2.75, 3.05) is 19.7 Å². The summed E-state index contributed by atoms with van der Waals surface area (Å²) < 4.78 is 25.5. The maximum atomic E-state index is 13.3. The number of piperidine rings is 1.